The number of rotatable bonds is 2. The number of hydrogen-bond donors (Lipinski definition) is 1. The Morgan fingerprint density at radius 2 is 2.00 bits per heavy atom. The van der Waals surface area contributed by atoms with E-state index in [9.17, 15) is 4.79 Å². The maximum absolute atomic E-state index is 11.5. The van der Waals surface area contributed by atoms with Crippen molar-refractivity contribution in [1.82, 2.24) is 0 Å². The SMILES string of the molecule is O=C1CCSC=C1Nc1ccccc1. The van der Waals surface area contributed by atoms with E-state index in [4.69, 9.17) is 0 Å². The molecule has 0 saturated carbocycles. The van der Waals surface area contributed by atoms with Crippen LogP contribution < -0.4 is 5.32 Å². The number of anilines is 1. The van der Waals surface area contributed by atoms with Gasteiger partial charge in [-0.05, 0) is 17.5 Å². The molecule has 0 atom stereocenters. The number of carbonyl (C=O) groups is 1. The van der Waals surface area contributed by atoms with Gasteiger partial charge in [0.25, 0.3) is 0 Å². The molecular formula is C11H11NOS. The molecule has 1 aliphatic rings. The molecule has 0 radical (unpaired) electrons. The third-order valence-corrected chi connectivity index (χ3v) is 2.84. The maximum atomic E-state index is 11.5. The quantitative estimate of drug-likeness (QED) is 0.804. The van der Waals surface area contributed by atoms with Crippen LogP contribution in [0.4, 0.5) is 5.69 Å². The van der Waals surface area contributed by atoms with Gasteiger partial charge in [0.2, 0.25) is 0 Å². The Morgan fingerprint density at radius 1 is 1.21 bits per heavy atom. The van der Waals surface area contributed by atoms with Gasteiger partial charge >= 0.3 is 0 Å². The minimum atomic E-state index is 0.201. The van der Waals surface area contributed by atoms with E-state index in [1.807, 2.05) is 35.7 Å². The molecule has 0 saturated heterocycles. The lowest BCUT2D eigenvalue weighted by Gasteiger charge is -2.13. The first-order valence-corrected chi connectivity index (χ1v) is 5.58. The fourth-order valence-electron chi connectivity index (χ4n) is 1.27. The zero-order valence-electron chi connectivity index (χ0n) is 7.69. The van der Waals surface area contributed by atoms with Crippen LogP contribution in [0.3, 0.4) is 0 Å². The molecule has 1 aliphatic heterocycles. The first-order chi connectivity index (χ1) is 6.86. The van der Waals surface area contributed by atoms with Crippen LogP contribution in [0.25, 0.3) is 0 Å². The molecular weight excluding hydrogens is 194 g/mol. The summed E-state index contributed by atoms with van der Waals surface area (Å²) in [6.07, 6.45) is 0.635. The van der Waals surface area contributed by atoms with Crippen LogP contribution in [-0.2, 0) is 4.79 Å². The predicted octanol–water partition coefficient (Wildman–Crippen LogP) is 2.65. The lowest BCUT2D eigenvalue weighted by molar-refractivity contribution is -0.115. The molecule has 1 heterocycles. The molecule has 2 nitrogen and oxygen atoms in total. The minimum absolute atomic E-state index is 0.201. The first kappa shape index (κ1) is 9.34. The van der Waals surface area contributed by atoms with E-state index < -0.39 is 0 Å². The van der Waals surface area contributed by atoms with Crippen molar-refractivity contribution in [3.8, 4) is 0 Å². The maximum Gasteiger partial charge on any atom is 0.180 e. The second kappa shape index (κ2) is 4.33. The van der Waals surface area contributed by atoms with Crippen molar-refractivity contribution in [3.63, 3.8) is 0 Å². The third kappa shape index (κ3) is 2.17. The number of allylic oxidation sites excluding steroid dienone is 1. The standard InChI is InChI=1S/C11H11NOS/c13-11-6-7-14-8-10(11)12-9-4-2-1-3-5-9/h1-5,8,12H,6-7H2. The zero-order chi connectivity index (χ0) is 9.80. The van der Waals surface area contributed by atoms with Gasteiger partial charge in [-0.15, -0.1) is 11.8 Å². The Kier molecular flexibility index (Phi) is 2.89. The highest BCUT2D eigenvalue weighted by Crippen LogP contribution is 2.20. The topological polar surface area (TPSA) is 29.1 Å². The summed E-state index contributed by atoms with van der Waals surface area (Å²) < 4.78 is 0. The largest absolute Gasteiger partial charge is 0.352 e. The van der Waals surface area contributed by atoms with Gasteiger partial charge in [0, 0.05) is 17.9 Å². The van der Waals surface area contributed by atoms with E-state index >= 15 is 0 Å². The van der Waals surface area contributed by atoms with Gasteiger partial charge in [-0.2, -0.15) is 0 Å². The number of ketones is 1. The van der Waals surface area contributed by atoms with Crippen molar-refractivity contribution in [2.24, 2.45) is 0 Å². The molecule has 14 heavy (non-hydrogen) atoms. The molecule has 0 amide bonds. The summed E-state index contributed by atoms with van der Waals surface area (Å²) in [6, 6.07) is 9.75. The molecule has 0 aliphatic carbocycles. The summed E-state index contributed by atoms with van der Waals surface area (Å²) in [5.41, 5.74) is 1.68. The van der Waals surface area contributed by atoms with Crippen LogP contribution >= 0.6 is 11.8 Å². The summed E-state index contributed by atoms with van der Waals surface area (Å²) in [4.78, 5) is 11.5. The first-order valence-electron chi connectivity index (χ1n) is 4.53. The Hall–Kier alpha value is -1.22. The Bertz CT molecular complexity index is 359. The summed E-state index contributed by atoms with van der Waals surface area (Å²) in [7, 11) is 0. The molecule has 1 aromatic carbocycles. The number of benzene rings is 1. The normalized spacial score (nSPS) is 16.3. The molecule has 2 rings (SSSR count). The molecule has 0 fully saturated rings. The van der Waals surface area contributed by atoms with Crippen molar-refractivity contribution in [2.45, 2.75) is 6.42 Å². The number of Topliss-reactive ketones (excluding diaryl/α,β-unsaturated/α-hetero) is 1. The van der Waals surface area contributed by atoms with Crippen LogP contribution in [0.1, 0.15) is 6.42 Å². The summed E-state index contributed by atoms with van der Waals surface area (Å²) in [5, 5.41) is 5.02. The van der Waals surface area contributed by atoms with E-state index in [1.54, 1.807) is 11.8 Å². The number of thioether (sulfide) groups is 1. The number of hydrogen-bond acceptors (Lipinski definition) is 3. The van der Waals surface area contributed by atoms with Gasteiger partial charge in [0.05, 0.1) is 5.70 Å². The molecule has 1 N–H and O–H groups in total. The van der Waals surface area contributed by atoms with Gasteiger partial charge in [0.15, 0.2) is 5.78 Å². The van der Waals surface area contributed by atoms with Crippen molar-refractivity contribution in [3.05, 3.63) is 41.4 Å². The van der Waals surface area contributed by atoms with Gasteiger partial charge in [-0.1, -0.05) is 18.2 Å². The monoisotopic (exact) mass is 205 g/mol. The predicted molar refractivity (Wildman–Crippen MR) is 60.2 cm³/mol. The highest BCUT2D eigenvalue weighted by molar-refractivity contribution is 8.02. The van der Waals surface area contributed by atoms with Crippen LogP contribution in [0, 0.1) is 0 Å². The molecule has 0 bridgehead atoms. The molecule has 1 aromatic rings. The van der Waals surface area contributed by atoms with Crippen molar-refractivity contribution in [2.75, 3.05) is 11.1 Å². The van der Waals surface area contributed by atoms with Gasteiger partial charge in [-0.25, -0.2) is 0 Å². The fraction of sp³-hybridized carbons (Fsp3) is 0.182. The molecule has 0 aromatic heterocycles. The summed E-state index contributed by atoms with van der Waals surface area (Å²) in [5.74, 6) is 1.10. The lowest BCUT2D eigenvalue weighted by Crippen LogP contribution is -2.14. The van der Waals surface area contributed by atoms with Gasteiger partial charge < -0.3 is 5.32 Å². The number of para-hydroxylation sites is 1. The van der Waals surface area contributed by atoms with E-state index in [-0.39, 0.29) is 5.78 Å². The fourth-order valence-corrected chi connectivity index (χ4v) is 2.05. The second-order valence-electron chi connectivity index (χ2n) is 3.07. The smallest absolute Gasteiger partial charge is 0.180 e. The van der Waals surface area contributed by atoms with Crippen LogP contribution in [0.5, 0.6) is 0 Å². The third-order valence-electron chi connectivity index (χ3n) is 2.00. The molecule has 0 spiro atoms. The Balaban J connectivity index is 2.11. The van der Waals surface area contributed by atoms with E-state index in [0.717, 1.165) is 11.4 Å². The number of nitrogens with one attached hydrogen (secondary N) is 1. The van der Waals surface area contributed by atoms with Crippen LogP contribution in [0.15, 0.2) is 41.4 Å². The number of carbonyl (C=O) groups excluding carboxylic acids is 1. The average Bonchev–Trinajstić information content (AvgIpc) is 2.23. The molecule has 0 unspecified atom stereocenters. The van der Waals surface area contributed by atoms with E-state index in [0.29, 0.717) is 12.1 Å². The highest BCUT2D eigenvalue weighted by atomic mass is 32.2. The van der Waals surface area contributed by atoms with E-state index in [1.165, 1.54) is 0 Å². The van der Waals surface area contributed by atoms with Crippen LogP contribution in [0.2, 0.25) is 0 Å². The van der Waals surface area contributed by atoms with Gasteiger partial charge in [-0.3, -0.25) is 4.79 Å². The highest BCUT2D eigenvalue weighted by Gasteiger charge is 2.13. The van der Waals surface area contributed by atoms with Crippen molar-refractivity contribution in [1.29, 1.82) is 0 Å². The molecule has 72 valence electrons. The van der Waals surface area contributed by atoms with Crippen LogP contribution in [-0.4, -0.2) is 11.5 Å². The van der Waals surface area contributed by atoms with Crippen molar-refractivity contribution < 1.29 is 4.79 Å². The Morgan fingerprint density at radius 3 is 2.71 bits per heavy atom. The van der Waals surface area contributed by atoms with E-state index in [2.05, 4.69) is 5.32 Å². The Labute approximate surface area is 87.4 Å². The summed E-state index contributed by atoms with van der Waals surface area (Å²) >= 11 is 1.68. The van der Waals surface area contributed by atoms with Crippen molar-refractivity contribution >= 4 is 23.2 Å². The molecule has 3 heteroatoms. The lowest BCUT2D eigenvalue weighted by atomic mass is 10.2. The minimum Gasteiger partial charge on any atom is -0.352 e. The average molecular weight is 205 g/mol. The second-order valence-corrected chi connectivity index (χ2v) is 4.04. The zero-order valence-corrected chi connectivity index (χ0v) is 8.51. The summed E-state index contributed by atoms with van der Waals surface area (Å²) in [6.45, 7) is 0. The van der Waals surface area contributed by atoms with Gasteiger partial charge in [0.1, 0.15) is 0 Å².